The van der Waals surface area contributed by atoms with Crippen LogP contribution >= 0.6 is 0 Å². The van der Waals surface area contributed by atoms with E-state index in [1.54, 1.807) is 24.3 Å². The Morgan fingerprint density at radius 1 is 1.30 bits per heavy atom. The quantitative estimate of drug-likeness (QED) is 0.582. The summed E-state index contributed by atoms with van der Waals surface area (Å²) in [6.45, 7) is 1.87. The van der Waals surface area contributed by atoms with Crippen LogP contribution in [-0.4, -0.2) is 70.8 Å². The van der Waals surface area contributed by atoms with Gasteiger partial charge in [-0.2, -0.15) is 0 Å². The smallest absolute Gasteiger partial charge is 0.331 e. The predicted molar refractivity (Wildman–Crippen MR) is 119 cm³/mol. The first-order valence-corrected chi connectivity index (χ1v) is 11.0. The van der Waals surface area contributed by atoms with Crippen LogP contribution in [0.2, 0.25) is 0 Å². The molecule has 1 aliphatic carbocycles. The summed E-state index contributed by atoms with van der Waals surface area (Å²) in [4.78, 5) is 31.6. The van der Waals surface area contributed by atoms with Gasteiger partial charge in [-0.1, -0.05) is 36.4 Å². The Bertz CT molecular complexity index is 1140. The summed E-state index contributed by atoms with van der Waals surface area (Å²) in [5, 5.41) is 14.9. The van der Waals surface area contributed by atoms with Gasteiger partial charge in [-0.15, -0.1) is 0 Å². The summed E-state index contributed by atoms with van der Waals surface area (Å²) in [6.07, 6.45) is 5.61. The van der Waals surface area contributed by atoms with Gasteiger partial charge in [0.2, 0.25) is 5.91 Å². The van der Waals surface area contributed by atoms with Crippen molar-refractivity contribution in [2.75, 3.05) is 13.9 Å². The molecule has 3 N–H and O–H groups in total. The van der Waals surface area contributed by atoms with E-state index in [1.807, 2.05) is 24.3 Å². The molecule has 0 spiro atoms. The number of aliphatic hydroxyl groups is 1. The fourth-order valence-electron chi connectivity index (χ4n) is 5.03. The van der Waals surface area contributed by atoms with Gasteiger partial charge in [0.05, 0.1) is 19.3 Å². The molecule has 1 aromatic carbocycles. The highest BCUT2D eigenvalue weighted by molar-refractivity contribution is 5.91. The molecule has 9 nitrogen and oxygen atoms in total. The first-order valence-electron chi connectivity index (χ1n) is 11.0. The number of methoxy groups -OCH3 is 1. The lowest BCUT2D eigenvalue weighted by Gasteiger charge is -2.46. The average Bonchev–Trinajstić information content (AvgIpc) is 3.42. The molecule has 1 amide bonds. The fraction of sp³-hybridized carbons (Fsp3) is 0.417. The Kier molecular flexibility index (Phi) is 5.57. The maximum atomic E-state index is 14.1. The maximum absolute atomic E-state index is 14.1. The van der Waals surface area contributed by atoms with E-state index < -0.39 is 36.0 Å². The number of para-hydroxylation sites is 1. The number of nitrogens with zero attached hydrogens (tertiary/aromatic N) is 1. The minimum atomic E-state index is -1.37. The van der Waals surface area contributed by atoms with E-state index in [-0.39, 0.29) is 12.7 Å². The summed E-state index contributed by atoms with van der Waals surface area (Å²) >= 11 is 0. The lowest BCUT2D eigenvalue weighted by molar-refractivity contribution is -0.182. The van der Waals surface area contributed by atoms with E-state index in [0.29, 0.717) is 13.0 Å². The molecule has 1 aromatic heterocycles. The molecule has 3 heterocycles. The van der Waals surface area contributed by atoms with Crippen LogP contribution in [0, 0.1) is 0 Å². The van der Waals surface area contributed by atoms with Crippen molar-refractivity contribution >= 4 is 22.8 Å². The van der Waals surface area contributed by atoms with E-state index in [0.717, 1.165) is 22.2 Å². The van der Waals surface area contributed by atoms with Gasteiger partial charge >= 0.3 is 5.97 Å². The first-order chi connectivity index (χ1) is 16.0. The van der Waals surface area contributed by atoms with Gasteiger partial charge < -0.3 is 24.3 Å². The number of hydrogen-bond acceptors (Lipinski definition) is 7. The Morgan fingerprint density at radius 3 is 2.91 bits per heavy atom. The summed E-state index contributed by atoms with van der Waals surface area (Å²) in [5.41, 5.74) is 1.73. The van der Waals surface area contributed by atoms with Crippen molar-refractivity contribution < 1.29 is 28.9 Å². The monoisotopic (exact) mass is 453 g/mol. The second-order valence-electron chi connectivity index (χ2n) is 8.53. The van der Waals surface area contributed by atoms with Crippen molar-refractivity contribution in [3.63, 3.8) is 0 Å². The van der Waals surface area contributed by atoms with Crippen molar-refractivity contribution in [2.45, 2.75) is 49.9 Å². The summed E-state index contributed by atoms with van der Waals surface area (Å²) in [6, 6.07) is 6.04. The van der Waals surface area contributed by atoms with E-state index in [2.05, 4.69) is 10.3 Å². The van der Waals surface area contributed by atoms with Crippen molar-refractivity contribution in [2.24, 2.45) is 0 Å². The molecule has 2 aromatic rings. The number of hydrogen-bond donors (Lipinski definition) is 3. The molecular weight excluding hydrogens is 426 g/mol. The molecule has 5 rings (SSSR count). The van der Waals surface area contributed by atoms with Gasteiger partial charge in [-0.3, -0.25) is 15.0 Å². The molecule has 9 heteroatoms. The standard InChI is InChI=1S/C24H27N3O6/c1-14(28)21(23(30)31-2)27(24-10-6-5-9-20(24)32-13-33-24)22(29)18-11-16-15-7-3-4-8-17(15)26-19(16)12-25-18/h3-10,14,18,20-21,25-26,28H,11-13H2,1-2H3/t14-,18?,20?,21-,24-/m0/s1. The zero-order chi connectivity index (χ0) is 23.2. The van der Waals surface area contributed by atoms with Crippen LogP contribution in [0.15, 0.2) is 48.6 Å². The summed E-state index contributed by atoms with van der Waals surface area (Å²) < 4.78 is 16.6. The number of rotatable bonds is 5. The highest BCUT2D eigenvalue weighted by atomic mass is 16.7. The minimum absolute atomic E-state index is 0.0540. The van der Waals surface area contributed by atoms with Crippen LogP contribution in [0.5, 0.6) is 0 Å². The molecule has 1 saturated heterocycles. The van der Waals surface area contributed by atoms with Crippen molar-refractivity contribution in [1.29, 1.82) is 0 Å². The Hall–Kier alpha value is -2.98. The van der Waals surface area contributed by atoms with Crippen molar-refractivity contribution in [3.8, 4) is 0 Å². The number of benzene rings is 1. The number of aromatic nitrogens is 1. The molecule has 0 radical (unpaired) electrons. The van der Waals surface area contributed by atoms with E-state index in [9.17, 15) is 14.7 Å². The molecule has 174 valence electrons. The first kappa shape index (κ1) is 21.8. The van der Waals surface area contributed by atoms with Gasteiger partial charge in [0, 0.05) is 23.1 Å². The Labute approximate surface area is 191 Å². The number of carbonyl (C=O) groups excluding carboxylic acids is 2. The normalized spacial score (nSPS) is 27.6. The van der Waals surface area contributed by atoms with Crippen molar-refractivity contribution in [1.82, 2.24) is 15.2 Å². The third-order valence-corrected chi connectivity index (χ3v) is 6.60. The van der Waals surface area contributed by atoms with Gasteiger partial charge in [0.1, 0.15) is 6.10 Å². The SMILES string of the molecule is COC(=O)[C@H]([C@H](C)O)N(C(=O)C1Cc2c([nH]c3ccccc23)CN1)[C@]12C=CC=CC1OCO2. The van der Waals surface area contributed by atoms with Gasteiger partial charge in [-0.05, 0) is 31.1 Å². The number of aromatic amines is 1. The fourth-order valence-corrected chi connectivity index (χ4v) is 5.03. The van der Waals surface area contributed by atoms with Crippen LogP contribution in [0.3, 0.4) is 0 Å². The number of allylic oxidation sites excluding steroid dienone is 2. The minimum Gasteiger partial charge on any atom is -0.467 e. The Morgan fingerprint density at radius 2 is 2.12 bits per heavy atom. The third kappa shape index (κ3) is 3.48. The third-order valence-electron chi connectivity index (χ3n) is 6.60. The zero-order valence-electron chi connectivity index (χ0n) is 18.5. The summed E-state index contributed by atoms with van der Waals surface area (Å²) in [5.74, 6) is -1.11. The largest absolute Gasteiger partial charge is 0.467 e. The molecule has 33 heavy (non-hydrogen) atoms. The number of carbonyl (C=O) groups is 2. The van der Waals surface area contributed by atoms with Crippen LogP contribution in [0.4, 0.5) is 0 Å². The number of nitrogens with one attached hydrogen (secondary N) is 2. The molecule has 3 aliphatic rings. The number of ether oxygens (including phenoxy) is 3. The summed E-state index contributed by atoms with van der Waals surface area (Å²) in [7, 11) is 1.23. The van der Waals surface area contributed by atoms with Crippen LogP contribution in [0.1, 0.15) is 18.2 Å². The lowest BCUT2D eigenvalue weighted by atomic mass is 9.92. The molecular formula is C24H27N3O6. The van der Waals surface area contributed by atoms with Gasteiger partial charge in [0.25, 0.3) is 0 Å². The molecule has 1 fully saturated rings. The molecule has 2 unspecified atom stereocenters. The topological polar surface area (TPSA) is 113 Å². The second-order valence-corrected chi connectivity index (χ2v) is 8.53. The molecule has 2 aliphatic heterocycles. The average molecular weight is 453 g/mol. The van der Waals surface area contributed by atoms with Crippen molar-refractivity contribution in [3.05, 3.63) is 59.8 Å². The van der Waals surface area contributed by atoms with Crippen LogP contribution in [-0.2, 0) is 36.8 Å². The predicted octanol–water partition coefficient (Wildman–Crippen LogP) is 1.13. The number of H-pyrrole nitrogens is 1. The molecule has 5 atom stereocenters. The molecule has 0 saturated carbocycles. The zero-order valence-corrected chi connectivity index (χ0v) is 18.5. The van der Waals surface area contributed by atoms with Gasteiger partial charge in [0.15, 0.2) is 18.6 Å². The van der Waals surface area contributed by atoms with E-state index in [1.165, 1.54) is 18.9 Å². The van der Waals surface area contributed by atoms with E-state index >= 15 is 0 Å². The highest BCUT2D eigenvalue weighted by Crippen LogP contribution is 2.38. The van der Waals surface area contributed by atoms with Crippen LogP contribution < -0.4 is 5.32 Å². The molecule has 0 bridgehead atoms. The highest BCUT2D eigenvalue weighted by Gasteiger charge is 2.56. The maximum Gasteiger partial charge on any atom is 0.331 e. The number of fused-ring (bicyclic) bond motifs is 4. The number of esters is 1. The van der Waals surface area contributed by atoms with Crippen LogP contribution in [0.25, 0.3) is 10.9 Å². The van der Waals surface area contributed by atoms with Gasteiger partial charge in [-0.25, -0.2) is 4.79 Å². The number of aliphatic hydroxyl groups excluding tert-OH is 1. The lowest BCUT2D eigenvalue weighted by Crippen LogP contribution is -2.68. The van der Waals surface area contributed by atoms with E-state index in [4.69, 9.17) is 14.2 Å². The number of amides is 1. The second kappa shape index (κ2) is 8.42. The Balaban J connectivity index is 1.55.